The van der Waals surface area contributed by atoms with Gasteiger partial charge in [-0.3, -0.25) is 4.79 Å². The molecule has 0 unspecified atom stereocenters. The quantitative estimate of drug-likeness (QED) is 0.782. The first-order valence-electron chi connectivity index (χ1n) is 8.12. The Balaban J connectivity index is 1.78. The summed E-state index contributed by atoms with van der Waals surface area (Å²) in [6, 6.07) is 1.88. The third-order valence-corrected chi connectivity index (χ3v) is 4.52. The third-order valence-electron chi connectivity index (χ3n) is 4.52. The Morgan fingerprint density at radius 3 is 3.04 bits per heavy atom. The summed E-state index contributed by atoms with van der Waals surface area (Å²) in [6.45, 7) is 7.12. The molecule has 1 aliphatic rings. The molecule has 1 N–H and O–H groups in total. The van der Waals surface area contributed by atoms with Crippen molar-refractivity contribution in [2.45, 2.75) is 39.7 Å². The number of rotatable bonds is 2. The predicted molar refractivity (Wildman–Crippen MR) is 87.7 cm³/mol. The molecular weight excluding hydrogens is 306 g/mol. The Kier molecular flexibility index (Phi) is 3.37. The van der Waals surface area contributed by atoms with Crippen LogP contribution in [0.4, 0.5) is 0 Å². The second-order valence-corrected chi connectivity index (χ2v) is 6.50. The highest BCUT2D eigenvalue weighted by atomic mass is 16.5. The van der Waals surface area contributed by atoms with Crippen molar-refractivity contribution in [3.63, 3.8) is 0 Å². The van der Waals surface area contributed by atoms with E-state index in [4.69, 9.17) is 4.52 Å². The molecule has 4 rings (SSSR count). The van der Waals surface area contributed by atoms with Crippen molar-refractivity contribution in [1.29, 1.82) is 0 Å². The van der Waals surface area contributed by atoms with Crippen LogP contribution in [0.1, 0.15) is 52.9 Å². The lowest BCUT2D eigenvalue weighted by molar-refractivity contribution is 0.0733. The van der Waals surface area contributed by atoms with E-state index in [-0.39, 0.29) is 11.8 Å². The van der Waals surface area contributed by atoms with Crippen molar-refractivity contribution in [2.75, 3.05) is 6.54 Å². The van der Waals surface area contributed by atoms with Gasteiger partial charge in [0.25, 0.3) is 11.6 Å². The number of nitrogens with zero attached hydrogens (tertiary/aromatic N) is 4. The van der Waals surface area contributed by atoms with Gasteiger partial charge in [-0.2, -0.15) is 0 Å². The van der Waals surface area contributed by atoms with E-state index in [9.17, 15) is 4.79 Å². The minimum absolute atomic E-state index is 0.0177. The lowest BCUT2D eigenvalue weighted by Gasteiger charge is -2.26. The number of aromatic nitrogens is 4. The fourth-order valence-corrected chi connectivity index (χ4v) is 3.13. The number of aromatic amines is 1. The van der Waals surface area contributed by atoms with Crippen LogP contribution in [0.2, 0.25) is 0 Å². The first-order valence-corrected chi connectivity index (χ1v) is 8.12. The van der Waals surface area contributed by atoms with Crippen molar-refractivity contribution < 1.29 is 9.32 Å². The van der Waals surface area contributed by atoms with Gasteiger partial charge in [-0.15, -0.1) is 0 Å². The Morgan fingerprint density at radius 1 is 1.42 bits per heavy atom. The van der Waals surface area contributed by atoms with Crippen molar-refractivity contribution >= 4 is 17.0 Å². The molecule has 0 saturated carbocycles. The van der Waals surface area contributed by atoms with Gasteiger partial charge in [0.05, 0.1) is 40.9 Å². The standard InChI is InChI=1S/C17H19N5O2/c1-9(2)13-6-11(15-10(3)21-24-16(15)20-13)17(23)22-5-4-12-14(7-22)19-8-18-12/h6,8-9H,4-5,7H2,1-3H3,(H,18,19). The third kappa shape index (κ3) is 2.28. The Morgan fingerprint density at radius 2 is 2.25 bits per heavy atom. The van der Waals surface area contributed by atoms with Crippen LogP contribution in [-0.2, 0) is 13.0 Å². The van der Waals surface area contributed by atoms with Gasteiger partial charge in [-0.1, -0.05) is 19.0 Å². The smallest absolute Gasteiger partial charge is 0.259 e. The molecule has 0 bridgehead atoms. The van der Waals surface area contributed by atoms with Crippen LogP contribution in [0.25, 0.3) is 11.1 Å². The van der Waals surface area contributed by atoms with Gasteiger partial charge in [-0.25, -0.2) is 9.97 Å². The van der Waals surface area contributed by atoms with E-state index in [1.54, 1.807) is 6.33 Å². The van der Waals surface area contributed by atoms with Crippen LogP contribution in [-0.4, -0.2) is 37.5 Å². The number of carbonyl (C=O) groups excluding carboxylic acids is 1. The van der Waals surface area contributed by atoms with Crippen LogP contribution in [0.5, 0.6) is 0 Å². The summed E-state index contributed by atoms with van der Waals surface area (Å²) in [5, 5.41) is 4.70. The molecule has 7 nitrogen and oxygen atoms in total. The highest BCUT2D eigenvalue weighted by molar-refractivity contribution is 6.06. The number of amides is 1. The number of aryl methyl sites for hydroxylation is 1. The Hall–Kier alpha value is -2.70. The summed E-state index contributed by atoms with van der Waals surface area (Å²) in [6.07, 6.45) is 2.45. The van der Waals surface area contributed by atoms with Crippen molar-refractivity contribution in [1.82, 2.24) is 25.0 Å². The van der Waals surface area contributed by atoms with Crippen LogP contribution >= 0.6 is 0 Å². The number of pyridine rings is 1. The zero-order chi connectivity index (χ0) is 16.8. The summed E-state index contributed by atoms with van der Waals surface area (Å²) < 4.78 is 5.31. The first-order chi connectivity index (χ1) is 11.5. The first kappa shape index (κ1) is 14.9. The number of nitrogens with one attached hydrogen (secondary N) is 1. The van der Waals surface area contributed by atoms with Gasteiger partial charge in [0.2, 0.25) is 0 Å². The molecule has 0 fully saturated rings. The molecule has 124 valence electrons. The molecule has 0 saturated heterocycles. The zero-order valence-electron chi connectivity index (χ0n) is 14.0. The second kappa shape index (κ2) is 5.43. The highest BCUT2D eigenvalue weighted by Crippen LogP contribution is 2.27. The number of hydrogen-bond acceptors (Lipinski definition) is 5. The second-order valence-electron chi connectivity index (χ2n) is 6.50. The fraction of sp³-hybridized carbons (Fsp3) is 0.412. The van der Waals surface area contributed by atoms with E-state index in [1.807, 2.05) is 31.7 Å². The molecule has 4 heterocycles. The Labute approximate surface area is 139 Å². The molecule has 0 aliphatic carbocycles. The van der Waals surface area contributed by atoms with Gasteiger partial charge in [0, 0.05) is 18.7 Å². The van der Waals surface area contributed by atoms with E-state index >= 15 is 0 Å². The van der Waals surface area contributed by atoms with E-state index in [0.29, 0.717) is 35.4 Å². The van der Waals surface area contributed by atoms with Crippen LogP contribution in [0.15, 0.2) is 16.9 Å². The van der Waals surface area contributed by atoms with Crippen molar-refractivity contribution in [3.05, 3.63) is 40.7 Å². The predicted octanol–water partition coefficient (Wildman–Crippen LogP) is 2.58. The van der Waals surface area contributed by atoms with Gasteiger partial charge in [-0.05, 0) is 18.9 Å². The summed E-state index contributed by atoms with van der Waals surface area (Å²) >= 11 is 0. The van der Waals surface area contributed by atoms with E-state index < -0.39 is 0 Å². The summed E-state index contributed by atoms with van der Waals surface area (Å²) in [7, 11) is 0. The van der Waals surface area contributed by atoms with Crippen molar-refractivity contribution in [2.24, 2.45) is 0 Å². The van der Waals surface area contributed by atoms with Crippen LogP contribution < -0.4 is 0 Å². The largest absolute Gasteiger partial charge is 0.347 e. The minimum atomic E-state index is -0.0177. The lowest BCUT2D eigenvalue weighted by atomic mass is 10.0. The number of fused-ring (bicyclic) bond motifs is 2. The van der Waals surface area contributed by atoms with Crippen LogP contribution in [0, 0.1) is 6.92 Å². The average Bonchev–Trinajstić information content (AvgIpc) is 3.19. The summed E-state index contributed by atoms with van der Waals surface area (Å²) in [4.78, 5) is 26.9. The maximum atomic E-state index is 13.2. The molecule has 0 spiro atoms. The molecule has 0 atom stereocenters. The molecule has 0 radical (unpaired) electrons. The van der Waals surface area contributed by atoms with Crippen molar-refractivity contribution in [3.8, 4) is 0 Å². The normalized spacial score (nSPS) is 14.4. The SMILES string of the molecule is Cc1noc2nc(C(C)C)cc(C(=O)N3CCc4nc[nH]c4C3)c12. The van der Waals surface area contributed by atoms with Gasteiger partial charge >= 0.3 is 0 Å². The molecule has 24 heavy (non-hydrogen) atoms. The molecular formula is C17H19N5O2. The highest BCUT2D eigenvalue weighted by Gasteiger charge is 2.27. The minimum Gasteiger partial charge on any atom is -0.347 e. The molecule has 3 aromatic heterocycles. The monoisotopic (exact) mass is 325 g/mol. The molecule has 1 aliphatic heterocycles. The average molecular weight is 325 g/mol. The summed E-state index contributed by atoms with van der Waals surface area (Å²) in [5.74, 6) is 0.183. The van der Waals surface area contributed by atoms with E-state index in [1.165, 1.54) is 0 Å². The number of hydrogen-bond donors (Lipinski definition) is 1. The van der Waals surface area contributed by atoms with E-state index in [0.717, 1.165) is 23.5 Å². The van der Waals surface area contributed by atoms with Gasteiger partial charge in [0.1, 0.15) is 0 Å². The van der Waals surface area contributed by atoms with E-state index in [2.05, 4.69) is 20.1 Å². The maximum Gasteiger partial charge on any atom is 0.259 e. The number of H-pyrrole nitrogens is 1. The molecule has 1 amide bonds. The molecule has 7 heteroatoms. The van der Waals surface area contributed by atoms with Gasteiger partial charge < -0.3 is 14.4 Å². The fourth-order valence-electron chi connectivity index (χ4n) is 3.13. The maximum absolute atomic E-state index is 13.2. The Bertz CT molecular complexity index is 924. The number of imidazole rings is 1. The molecule has 0 aromatic carbocycles. The number of carbonyl (C=O) groups is 1. The molecule has 3 aromatic rings. The zero-order valence-corrected chi connectivity index (χ0v) is 14.0. The van der Waals surface area contributed by atoms with Gasteiger partial charge in [0.15, 0.2) is 0 Å². The topological polar surface area (TPSA) is 87.9 Å². The lowest BCUT2D eigenvalue weighted by Crippen LogP contribution is -2.36. The summed E-state index contributed by atoms with van der Waals surface area (Å²) in [5.41, 5.74) is 4.62. The van der Waals surface area contributed by atoms with Crippen LogP contribution in [0.3, 0.4) is 0 Å².